The Hall–Kier alpha value is -4.13. The molecule has 1 unspecified atom stereocenters. The summed E-state index contributed by atoms with van der Waals surface area (Å²) in [6.45, 7) is 0.929. The van der Waals surface area contributed by atoms with Crippen LogP contribution in [0.3, 0.4) is 0 Å². The summed E-state index contributed by atoms with van der Waals surface area (Å²) in [5, 5.41) is 14.6. The fourth-order valence-electron chi connectivity index (χ4n) is 4.52. The van der Waals surface area contributed by atoms with E-state index in [-0.39, 0.29) is 18.8 Å². The Bertz CT molecular complexity index is 1760. The summed E-state index contributed by atoms with van der Waals surface area (Å²) in [4.78, 5) is 38.2. The third-order valence-corrected chi connectivity index (χ3v) is 8.37. The van der Waals surface area contributed by atoms with Crippen LogP contribution in [0.5, 0.6) is 5.75 Å². The minimum absolute atomic E-state index is 0.00472. The molecule has 14 heteroatoms. The number of esters is 1. The summed E-state index contributed by atoms with van der Waals surface area (Å²) >= 11 is 0. The number of rotatable bonds is 11. The number of halogens is 1. The van der Waals surface area contributed by atoms with Crippen LogP contribution in [-0.2, 0) is 30.0 Å². The average molecular weight is 614 g/mol. The largest absolute Gasteiger partial charge is 0.460 e. The molecule has 5 rings (SSSR count). The van der Waals surface area contributed by atoms with Crippen molar-refractivity contribution in [2.45, 2.75) is 44.4 Å². The SMILES string of the molecule is C[C@H](N[P@](=O)(OC[C@H]1O[C@@H](n2cc(F)c(=O)[nH]c2=O)CC1O)Oc1cccc2ccccc12)C(=O)OCc1ccccc1. The minimum atomic E-state index is -4.36. The number of hydrogen-bond donors (Lipinski definition) is 3. The van der Waals surface area contributed by atoms with Gasteiger partial charge < -0.3 is 19.1 Å². The lowest BCUT2D eigenvalue weighted by Crippen LogP contribution is -2.36. The van der Waals surface area contributed by atoms with Crippen LogP contribution >= 0.6 is 7.75 Å². The lowest BCUT2D eigenvalue weighted by Gasteiger charge is -2.25. The maximum Gasteiger partial charge on any atom is 0.459 e. The number of aromatic amines is 1. The zero-order valence-electron chi connectivity index (χ0n) is 22.9. The molecule has 1 aromatic heterocycles. The predicted molar refractivity (Wildman–Crippen MR) is 153 cm³/mol. The molecule has 2 heterocycles. The Kier molecular flexibility index (Phi) is 9.19. The van der Waals surface area contributed by atoms with Gasteiger partial charge in [-0.1, -0.05) is 66.7 Å². The van der Waals surface area contributed by atoms with Gasteiger partial charge in [-0.25, -0.2) is 9.36 Å². The van der Waals surface area contributed by atoms with Gasteiger partial charge in [-0.2, -0.15) is 9.48 Å². The van der Waals surface area contributed by atoms with Crippen molar-refractivity contribution in [3.63, 3.8) is 0 Å². The van der Waals surface area contributed by atoms with E-state index in [1.165, 1.54) is 6.92 Å². The van der Waals surface area contributed by atoms with Gasteiger partial charge in [-0.15, -0.1) is 0 Å². The van der Waals surface area contributed by atoms with E-state index in [9.17, 15) is 28.4 Å². The molecular weight excluding hydrogens is 584 g/mol. The van der Waals surface area contributed by atoms with Crippen LogP contribution in [0, 0.1) is 5.82 Å². The number of ether oxygens (including phenoxy) is 2. The number of fused-ring (bicyclic) bond motifs is 1. The van der Waals surface area contributed by atoms with Gasteiger partial charge in [-0.3, -0.25) is 23.7 Å². The van der Waals surface area contributed by atoms with Crippen molar-refractivity contribution < 1.29 is 37.4 Å². The van der Waals surface area contributed by atoms with Crippen LogP contribution in [0.4, 0.5) is 4.39 Å². The highest BCUT2D eigenvalue weighted by Gasteiger charge is 2.40. The second-order valence-corrected chi connectivity index (χ2v) is 11.6. The van der Waals surface area contributed by atoms with Crippen molar-refractivity contribution in [1.29, 1.82) is 0 Å². The van der Waals surface area contributed by atoms with Gasteiger partial charge in [0, 0.05) is 11.8 Å². The van der Waals surface area contributed by atoms with Crippen molar-refractivity contribution in [2.24, 2.45) is 0 Å². The highest BCUT2D eigenvalue weighted by Crippen LogP contribution is 2.47. The van der Waals surface area contributed by atoms with Gasteiger partial charge in [-0.05, 0) is 23.9 Å². The van der Waals surface area contributed by atoms with E-state index in [1.54, 1.807) is 48.5 Å². The van der Waals surface area contributed by atoms with Crippen LogP contribution in [0.15, 0.2) is 88.6 Å². The van der Waals surface area contributed by atoms with Gasteiger partial charge in [0.15, 0.2) is 0 Å². The van der Waals surface area contributed by atoms with Gasteiger partial charge in [0.05, 0.1) is 18.9 Å². The number of H-pyrrole nitrogens is 1. The quantitative estimate of drug-likeness (QED) is 0.169. The van der Waals surface area contributed by atoms with Crippen LogP contribution in [-0.4, -0.2) is 45.5 Å². The fourth-order valence-corrected chi connectivity index (χ4v) is 6.04. The zero-order chi connectivity index (χ0) is 30.6. The van der Waals surface area contributed by atoms with E-state index in [0.717, 1.165) is 15.5 Å². The number of nitrogens with one attached hydrogen (secondary N) is 2. The van der Waals surface area contributed by atoms with Crippen LogP contribution < -0.4 is 20.9 Å². The fraction of sp³-hybridized carbons (Fsp3) is 0.276. The first-order valence-electron chi connectivity index (χ1n) is 13.4. The lowest BCUT2D eigenvalue weighted by atomic mass is 10.1. The summed E-state index contributed by atoms with van der Waals surface area (Å²) in [6, 6.07) is 20.2. The number of aromatic nitrogens is 2. The second-order valence-electron chi connectivity index (χ2n) is 9.88. The molecule has 0 saturated carbocycles. The summed E-state index contributed by atoms with van der Waals surface area (Å²) in [7, 11) is -4.36. The zero-order valence-corrected chi connectivity index (χ0v) is 23.8. The molecule has 0 spiro atoms. The van der Waals surface area contributed by atoms with Gasteiger partial charge in [0.25, 0.3) is 5.56 Å². The lowest BCUT2D eigenvalue weighted by molar-refractivity contribution is -0.146. The van der Waals surface area contributed by atoms with E-state index >= 15 is 0 Å². The third kappa shape index (κ3) is 7.27. The average Bonchev–Trinajstić information content (AvgIpc) is 3.37. The summed E-state index contributed by atoms with van der Waals surface area (Å²) in [6.07, 6.45) is -2.95. The highest BCUT2D eigenvalue weighted by atomic mass is 31.2. The van der Waals surface area contributed by atoms with Gasteiger partial charge in [0.1, 0.15) is 30.7 Å². The molecule has 4 aromatic rings. The molecule has 226 valence electrons. The smallest absolute Gasteiger partial charge is 0.459 e. The molecule has 1 saturated heterocycles. The van der Waals surface area contributed by atoms with Gasteiger partial charge in [0.2, 0.25) is 5.82 Å². The van der Waals surface area contributed by atoms with Crippen LogP contribution in [0.1, 0.15) is 25.1 Å². The number of carbonyl (C=O) groups excluding carboxylic acids is 1. The Labute approximate surface area is 244 Å². The molecule has 43 heavy (non-hydrogen) atoms. The summed E-state index contributed by atoms with van der Waals surface area (Å²) < 4.78 is 51.4. The standard InChI is InChI=1S/C29H29FN3O9P/c1-18(28(36)39-16-19-8-3-2-4-9-19)32-43(38,42-24-13-7-11-20-10-5-6-12-21(20)24)40-17-25-23(34)14-26(41-25)33-15-22(30)27(35)31-29(33)37/h2-13,15,18,23,25-26,34H,14,16-17H2,1H3,(H,32,38)(H,31,35,37)/t18-,23?,25+,26+,43-/m0/s1. The minimum Gasteiger partial charge on any atom is -0.460 e. The Morgan fingerprint density at radius 2 is 1.86 bits per heavy atom. The van der Waals surface area contributed by atoms with E-state index in [2.05, 4.69) is 5.09 Å². The molecule has 1 fully saturated rings. The Morgan fingerprint density at radius 3 is 2.65 bits per heavy atom. The van der Waals surface area contributed by atoms with Crippen LogP contribution in [0.2, 0.25) is 0 Å². The molecular formula is C29H29FN3O9P. The van der Waals surface area contributed by atoms with E-state index in [4.69, 9.17) is 18.5 Å². The normalized spacial score (nSPS) is 20.4. The monoisotopic (exact) mass is 613 g/mol. The molecule has 0 aliphatic carbocycles. The maximum absolute atomic E-state index is 14.1. The molecule has 0 radical (unpaired) electrons. The number of carbonyl (C=O) groups is 1. The first-order chi connectivity index (χ1) is 20.6. The molecule has 5 atom stereocenters. The number of hydrogen-bond acceptors (Lipinski definition) is 9. The molecule has 0 amide bonds. The summed E-state index contributed by atoms with van der Waals surface area (Å²) in [5.74, 6) is -1.71. The second kappa shape index (κ2) is 13.0. The molecule has 3 aromatic carbocycles. The highest BCUT2D eigenvalue weighted by molar-refractivity contribution is 7.52. The van der Waals surface area contributed by atoms with Crippen molar-refractivity contribution in [3.05, 3.63) is 111 Å². The first kappa shape index (κ1) is 30.3. The van der Waals surface area contributed by atoms with Crippen LogP contribution in [0.25, 0.3) is 10.8 Å². The topological polar surface area (TPSA) is 158 Å². The Morgan fingerprint density at radius 1 is 1.14 bits per heavy atom. The molecule has 0 bridgehead atoms. The number of nitrogens with zero attached hydrogens (tertiary/aromatic N) is 1. The first-order valence-corrected chi connectivity index (χ1v) is 14.9. The maximum atomic E-state index is 14.1. The number of benzene rings is 3. The molecule has 12 nitrogen and oxygen atoms in total. The van der Waals surface area contributed by atoms with Crippen molar-refractivity contribution in [1.82, 2.24) is 14.6 Å². The molecule has 1 aliphatic heterocycles. The van der Waals surface area contributed by atoms with E-state index in [0.29, 0.717) is 11.6 Å². The van der Waals surface area contributed by atoms with Crippen molar-refractivity contribution in [3.8, 4) is 5.75 Å². The molecule has 1 aliphatic rings. The van der Waals surface area contributed by atoms with E-state index < -0.39 is 61.9 Å². The number of aliphatic hydroxyl groups is 1. The van der Waals surface area contributed by atoms with Crippen molar-refractivity contribution >= 4 is 24.5 Å². The third-order valence-electron chi connectivity index (χ3n) is 6.74. The predicted octanol–water partition coefficient (Wildman–Crippen LogP) is 3.40. The van der Waals surface area contributed by atoms with E-state index in [1.807, 2.05) is 29.2 Å². The molecule has 3 N–H and O–H groups in total. The number of aliphatic hydroxyl groups excluding tert-OH is 1. The Balaban J connectivity index is 1.33. The summed E-state index contributed by atoms with van der Waals surface area (Å²) in [5.41, 5.74) is -1.36. The van der Waals surface area contributed by atoms with Gasteiger partial charge >= 0.3 is 19.4 Å². The van der Waals surface area contributed by atoms with Crippen molar-refractivity contribution in [2.75, 3.05) is 6.61 Å².